The highest BCUT2D eigenvalue weighted by Crippen LogP contribution is 2.19. The molecular weight excluding hydrogens is 1010 g/mol. The van der Waals surface area contributed by atoms with Crippen LogP contribution in [0.5, 0.6) is 0 Å². The summed E-state index contributed by atoms with van der Waals surface area (Å²) in [5, 5.41) is 0. The molecule has 0 N–H and O–H groups in total. The molecule has 0 radical (unpaired) electrons. The van der Waals surface area contributed by atoms with Gasteiger partial charge in [-0.2, -0.15) is 0 Å². The Bertz CT molecular complexity index is 1320. The van der Waals surface area contributed by atoms with E-state index in [1.807, 2.05) is 0 Å². The van der Waals surface area contributed by atoms with Gasteiger partial charge in [0.1, 0.15) is 13.2 Å². The van der Waals surface area contributed by atoms with Crippen LogP contribution in [0.2, 0.25) is 0 Å². The molecule has 0 saturated heterocycles. The molecule has 0 aromatic rings. The zero-order valence-electron chi connectivity index (χ0n) is 55.8. The van der Waals surface area contributed by atoms with Crippen molar-refractivity contribution in [3.05, 3.63) is 24.3 Å². The average molecular weight is 1150 g/mol. The van der Waals surface area contributed by atoms with Crippen molar-refractivity contribution >= 4 is 17.9 Å². The van der Waals surface area contributed by atoms with E-state index in [9.17, 15) is 14.4 Å². The summed E-state index contributed by atoms with van der Waals surface area (Å²) in [5.74, 6) is -0.838. The van der Waals surface area contributed by atoms with Gasteiger partial charge in [0, 0.05) is 19.3 Å². The number of hydrogen-bond acceptors (Lipinski definition) is 6. The van der Waals surface area contributed by atoms with Crippen molar-refractivity contribution in [1.82, 2.24) is 0 Å². The quantitative estimate of drug-likeness (QED) is 0.0261. The Kier molecular flexibility index (Phi) is 69.5. The number of allylic oxidation sites excluding steroid dienone is 4. The molecule has 484 valence electrons. The number of carbonyl (C=O) groups excluding carboxylic acids is 3. The Labute approximate surface area is 513 Å². The Morgan fingerprint density at radius 3 is 0.683 bits per heavy atom. The summed E-state index contributed by atoms with van der Waals surface area (Å²) >= 11 is 0. The summed E-state index contributed by atoms with van der Waals surface area (Å²) in [6.07, 6.45) is 87.9. The van der Waals surface area contributed by atoms with Crippen molar-refractivity contribution < 1.29 is 28.6 Å². The minimum Gasteiger partial charge on any atom is -0.462 e. The van der Waals surface area contributed by atoms with Crippen LogP contribution in [0.4, 0.5) is 0 Å². The molecule has 0 heterocycles. The lowest BCUT2D eigenvalue weighted by Gasteiger charge is -2.18. The third-order valence-electron chi connectivity index (χ3n) is 17.2. The van der Waals surface area contributed by atoms with Crippen LogP contribution >= 0.6 is 0 Å². The van der Waals surface area contributed by atoms with E-state index in [1.165, 1.54) is 315 Å². The SMILES string of the molecule is CCCCCC/C=C\C/C=C\CCCCCCCCCC(=O)OCC(COC(=O)CCCCCCCCCCCCCCCCCCCCCCCCCCCC)OC(=O)CCCCCCCCCCCCCCCCCCCCCC. The third kappa shape index (κ3) is 68.7. The Morgan fingerprint density at radius 1 is 0.244 bits per heavy atom. The third-order valence-corrected chi connectivity index (χ3v) is 17.2. The fraction of sp³-hybridized carbons (Fsp3) is 0.908. The van der Waals surface area contributed by atoms with E-state index in [0.29, 0.717) is 19.3 Å². The summed E-state index contributed by atoms with van der Waals surface area (Å²) in [5.41, 5.74) is 0. The normalized spacial score (nSPS) is 12.1. The maximum Gasteiger partial charge on any atom is 0.306 e. The summed E-state index contributed by atoms with van der Waals surface area (Å²) in [7, 11) is 0. The lowest BCUT2D eigenvalue weighted by Crippen LogP contribution is -2.30. The molecule has 0 aliphatic carbocycles. The van der Waals surface area contributed by atoms with Crippen LogP contribution in [0.3, 0.4) is 0 Å². The van der Waals surface area contributed by atoms with Gasteiger partial charge in [-0.1, -0.05) is 379 Å². The molecule has 0 bridgehead atoms. The first-order valence-corrected chi connectivity index (χ1v) is 37.3. The molecule has 82 heavy (non-hydrogen) atoms. The van der Waals surface area contributed by atoms with Crippen molar-refractivity contribution in [2.45, 2.75) is 431 Å². The van der Waals surface area contributed by atoms with Crippen LogP contribution in [-0.2, 0) is 28.6 Å². The molecule has 0 aliphatic heterocycles. The van der Waals surface area contributed by atoms with Crippen LogP contribution in [-0.4, -0.2) is 37.2 Å². The molecular formula is C76H144O6. The molecule has 0 spiro atoms. The number of rotatable bonds is 70. The van der Waals surface area contributed by atoms with E-state index in [0.717, 1.165) is 70.6 Å². The van der Waals surface area contributed by atoms with Gasteiger partial charge in [0.15, 0.2) is 6.10 Å². The maximum absolute atomic E-state index is 13.0. The van der Waals surface area contributed by atoms with E-state index >= 15 is 0 Å². The highest BCUT2D eigenvalue weighted by molar-refractivity contribution is 5.71. The smallest absolute Gasteiger partial charge is 0.306 e. The van der Waals surface area contributed by atoms with Crippen LogP contribution < -0.4 is 0 Å². The summed E-state index contributed by atoms with van der Waals surface area (Å²) < 4.78 is 17.0. The standard InChI is InChI=1S/C76H144O6/c1-4-7-10-13-16-19-22-25-28-31-34-36-37-38-39-40-41-43-45-48-51-54-57-60-63-66-69-75(78)81-72-73(71-80-74(77)68-65-62-59-56-53-50-47-44-33-30-27-24-21-18-15-12-9-6-3)82-76(79)70-67-64-61-58-55-52-49-46-42-35-32-29-26-23-20-17-14-11-8-5-2/h21,24,30,33,73H,4-20,22-23,25-29,31-32,34-72H2,1-3H3/b24-21-,33-30-. The van der Waals surface area contributed by atoms with Crippen LogP contribution in [0.25, 0.3) is 0 Å². The summed E-state index contributed by atoms with van der Waals surface area (Å²) in [6, 6.07) is 0. The van der Waals surface area contributed by atoms with E-state index in [4.69, 9.17) is 14.2 Å². The molecule has 0 saturated carbocycles. The second kappa shape index (κ2) is 71.4. The predicted octanol–water partition coefficient (Wildman–Crippen LogP) is 25.7. The largest absolute Gasteiger partial charge is 0.462 e. The van der Waals surface area contributed by atoms with Crippen molar-refractivity contribution in [2.24, 2.45) is 0 Å². The number of esters is 3. The van der Waals surface area contributed by atoms with Crippen LogP contribution in [0.1, 0.15) is 425 Å². The Morgan fingerprint density at radius 2 is 0.439 bits per heavy atom. The van der Waals surface area contributed by atoms with Gasteiger partial charge in [0.2, 0.25) is 0 Å². The fourth-order valence-electron chi connectivity index (χ4n) is 11.6. The number of hydrogen-bond donors (Lipinski definition) is 0. The van der Waals surface area contributed by atoms with Gasteiger partial charge in [-0.15, -0.1) is 0 Å². The zero-order chi connectivity index (χ0) is 59.2. The van der Waals surface area contributed by atoms with Crippen LogP contribution in [0.15, 0.2) is 24.3 Å². The Balaban J connectivity index is 4.26. The minimum atomic E-state index is -0.772. The lowest BCUT2D eigenvalue weighted by molar-refractivity contribution is -0.167. The molecule has 0 aliphatic rings. The maximum atomic E-state index is 13.0. The molecule has 0 aromatic carbocycles. The topological polar surface area (TPSA) is 78.9 Å². The van der Waals surface area contributed by atoms with E-state index in [2.05, 4.69) is 45.1 Å². The zero-order valence-corrected chi connectivity index (χ0v) is 55.8. The molecule has 6 nitrogen and oxygen atoms in total. The summed E-state index contributed by atoms with van der Waals surface area (Å²) in [6.45, 7) is 6.72. The van der Waals surface area contributed by atoms with Gasteiger partial charge in [-0.05, 0) is 51.4 Å². The Hall–Kier alpha value is -2.11. The number of carbonyl (C=O) groups is 3. The van der Waals surface area contributed by atoms with E-state index < -0.39 is 6.10 Å². The van der Waals surface area contributed by atoms with Gasteiger partial charge in [-0.25, -0.2) is 0 Å². The molecule has 0 fully saturated rings. The van der Waals surface area contributed by atoms with Gasteiger partial charge < -0.3 is 14.2 Å². The molecule has 0 amide bonds. The number of unbranched alkanes of at least 4 members (excludes halogenated alkanes) is 55. The number of ether oxygens (including phenoxy) is 3. The molecule has 0 aromatic heterocycles. The highest BCUT2D eigenvalue weighted by Gasteiger charge is 2.20. The molecule has 0 rings (SSSR count). The highest BCUT2D eigenvalue weighted by atomic mass is 16.6. The summed E-state index contributed by atoms with van der Waals surface area (Å²) in [4.78, 5) is 38.5. The van der Waals surface area contributed by atoms with Crippen molar-refractivity contribution in [3.8, 4) is 0 Å². The second-order valence-corrected chi connectivity index (χ2v) is 25.6. The monoisotopic (exact) mass is 1150 g/mol. The van der Waals surface area contributed by atoms with E-state index in [-0.39, 0.29) is 31.1 Å². The van der Waals surface area contributed by atoms with Gasteiger partial charge in [0.25, 0.3) is 0 Å². The lowest BCUT2D eigenvalue weighted by atomic mass is 10.0. The van der Waals surface area contributed by atoms with Crippen molar-refractivity contribution in [3.63, 3.8) is 0 Å². The minimum absolute atomic E-state index is 0.0668. The predicted molar refractivity (Wildman–Crippen MR) is 358 cm³/mol. The van der Waals surface area contributed by atoms with Gasteiger partial charge >= 0.3 is 17.9 Å². The molecule has 1 atom stereocenters. The van der Waals surface area contributed by atoms with Gasteiger partial charge in [0.05, 0.1) is 0 Å². The van der Waals surface area contributed by atoms with E-state index in [1.54, 1.807) is 0 Å². The van der Waals surface area contributed by atoms with Crippen LogP contribution in [0, 0.1) is 0 Å². The fourth-order valence-corrected chi connectivity index (χ4v) is 11.6. The average Bonchev–Trinajstić information content (AvgIpc) is 3.47. The van der Waals surface area contributed by atoms with Gasteiger partial charge in [-0.3, -0.25) is 14.4 Å². The van der Waals surface area contributed by atoms with Crippen molar-refractivity contribution in [1.29, 1.82) is 0 Å². The van der Waals surface area contributed by atoms with Crippen molar-refractivity contribution in [2.75, 3.05) is 13.2 Å². The first-order chi connectivity index (χ1) is 40.5. The second-order valence-electron chi connectivity index (χ2n) is 25.6. The first-order valence-electron chi connectivity index (χ1n) is 37.3. The first kappa shape index (κ1) is 79.9. The molecule has 1 unspecified atom stereocenters. The molecule has 6 heteroatoms.